The van der Waals surface area contributed by atoms with Crippen molar-refractivity contribution in [2.45, 2.75) is 6.92 Å². The van der Waals surface area contributed by atoms with Gasteiger partial charge >= 0.3 is 0 Å². The van der Waals surface area contributed by atoms with Crippen LogP contribution in [0.2, 0.25) is 0 Å². The van der Waals surface area contributed by atoms with Crippen LogP contribution in [0.1, 0.15) is 5.89 Å². The number of nitrogens with two attached hydrogens (primary N) is 3. The van der Waals surface area contributed by atoms with Gasteiger partial charge in [-0.1, -0.05) is 6.07 Å². The lowest BCUT2D eigenvalue weighted by Crippen LogP contribution is -2.26. The van der Waals surface area contributed by atoms with Gasteiger partial charge in [-0.25, -0.2) is 9.98 Å². The van der Waals surface area contributed by atoms with Crippen molar-refractivity contribution in [1.82, 2.24) is 4.98 Å². The number of para-hydroxylation sites is 1. The van der Waals surface area contributed by atoms with E-state index in [0.717, 1.165) is 0 Å². The first kappa shape index (κ1) is 10.9. The van der Waals surface area contributed by atoms with E-state index in [1.54, 1.807) is 25.1 Å². The van der Waals surface area contributed by atoms with Gasteiger partial charge in [0.15, 0.2) is 17.4 Å². The van der Waals surface area contributed by atoms with Crippen molar-refractivity contribution in [1.29, 1.82) is 0 Å². The van der Waals surface area contributed by atoms with Crippen LogP contribution in [-0.2, 0) is 0 Å². The van der Waals surface area contributed by atoms with Crippen LogP contribution in [0.3, 0.4) is 0 Å². The predicted octanol–water partition coefficient (Wildman–Crippen LogP) is 0.356. The minimum absolute atomic E-state index is 0.0295. The Morgan fingerprint density at radius 2 is 2.06 bits per heavy atom. The SMILES string of the molecule is Cc1nc2c(N=C(N)N=C(N)N)cccc2o1. The molecule has 1 aromatic heterocycles. The molecule has 1 heterocycles. The number of benzene rings is 1. The lowest BCUT2D eigenvalue weighted by atomic mass is 10.3. The van der Waals surface area contributed by atoms with Crippen molar-refractivity contribution in [3.05, 3.63) is 24.1 Å². The van der Waals surface area contributed by atoms with E-state index in [4.69, 9.17) is 21.6 Å². The molecule has 0 atom stereocenters. The summed E-state index contributed by atoms with van der Waals surface area (Å²) >= 11 is 0. The molecular formula is C10H12N6O. The number of rotatable bonds is 1. The lowest BCUT2D eigenvalue weighted by Gasteiger charge is -1.96. The molecule has 0 aliphatic rings. The second-order valence-electron chi connectivity index (χ2n) is 3.36. The molecule has 7 heteroatoms. The Morgan fingerprint density at radius 3 is 2.76 bits per heavy atom. The topological polar surface area (TPSA) is 129 Å². The van der Waals surface area contributed by atoms with Crippen molar-refractivity contribution in [3.8, 4) is 0 Å². The number of guanidine groups is 2. The maximum atomic E-state index is 5.55. The summed E-state index contributed by atoms with van der Waals surface area (Å²) in [6.45, 7) is 1.76. The van der Waals surface area contributed by atoms with Gasteiger partial charge in [-0.15, -0.1) is 0 Å². The Hall–Kier alpha value is -2.57. The number of hydrogen-bond acceptors (Lipinski definition) is 3. The van der Waals surface area contributed by atoms with Crippen LogP contribution >= 0.6 is 0 Å². The van der Waals surface area contributed by atoms with E-state index < -0.39 is 0 Å². The van der Waals surface area contributed by atoms with E-state index in [1.165, 1.54) is 0 Å². The fourth-order valence-corrected chi connectivity index (χ4v) is 1.42. The molecule has 0 spiro atoms. The summed E-state index contributed by atoms with van der Waals surface area (Å²) in [6.07, 6.45) is 0. The molecule has 0 aliphatic heterocycles. The molecule has 0 saturated heterocycles. The fraction of sp³-hybridized carbons (Fsp3) is 0.100. The number of aromatic nitrogens is 1. The summed E-state index contributed by atoms with van der Waals surface area (Å²) in [5.41, 5.74) is 17.8. The van der Waals surface area contributed by atoms with E-state index in [-0.39, 0.29) is 11.9 Å². The van der Waals surface area contributed by atoms with Gasteiger partial charge in [0.1, 0.15) is 5.52 Å². The molecule has 0 radical (unpaired) electrons. The van der Waals surface area contributed by atoms with Gasteiger partial charge in [-0.2, -0.15) is 4.99 Å². The number of fused-ring (bicyclic) bond motifs is 1. The molecule has 7 nitrogen and oxygen atoms in total. The smallest absolute Gasteiger partial charge is 0.223 e. The number of oxazole rings is 1. The Morgan fingerprint density at radius 1 is 1.29 bits per heavy atom. The summed E-state index contributed by atoms with van der Waals surface area (Å²) < 4.78 is 5.36. The molecule has 0 aliphatic carbocycles. The van der Waals surface area contributed by atoms with Gasteiger partial charge in [0.2, 0.25) is 5.96 Å². The van der Waals surface area contributed by atoms with E-state index >= 15 is 0 Å². The van der Waals surface area contributed by atoms with Crippen molar-refractivity contribution < 1.29 is 4.42 Å². The monoisotopic (exact) mass is 232 g/mol. The predicted molar refractivity (Wildman–Crippen MR) is 65.8 cm³/mol. The van der Waals surface area contributed by atoms with E-state index in [2.05, 4.69) is 15.0 Å². The van der Waals surface area contributed by atoms with Crippen molar-refractivity contribution in [2.24, 2.45) is 27.2 Å². The number of aliphatic imine (C=N–C) groups is 2. The van der Waals surface area contributed by atoms with Gasteiger partial charge in [0, 0.05) is 6.92 Å². The van der Waals surface area contributed by atoms with E-state index in [9.17, 15) is 0 Å². The van der Waals surface area contributed by atoms with Gasteiger partial charge in [0.25, 0.3) is 0 Å². The zero-order valence-electron chi connectivity index (χ0n) is 9.21. The third-order valence-electron chi connectivity index (χ3n) is 1.98. The quantitative estimate of drug-likeness (QED) is 0.482. The average molecular weight is 232 g/mol. The summed E-state index contributed by atoms with van der Waals surface area (Å²) in [6, 6.07) is 5.33. The Labute approximate surface area is 97.0 Å². The molecule has 0 amide bonds. The maximum absolute atomic E-state index is 5.55. The molecule has 2 rings (SSSR count). The van der Waals surface area contributed by atoms with E-state index in [1.807, 2.05) is 0 Å². The number of aryl methyl sites for hydroxylation is 1. The third kappa shape index (κ3) is 2.33. The minimum Gasteiger partial charge on any atom is -0.441 e. The highest BCUT2D eigenvalue weighted by Gasteiger charge is 2.06. The van der Waals surface area contributed by atoms with Crippen LogP contribution in [0.15, 0.2) is 32.6 Å². The van der Waals surface area contributed by atoms with Gasteiger partial charge in [-0.05, 0) is 12.1 Å². The van der Waals surface area contributed by atoms with E-state index in [0.29, 0.717) is 22.7 Å². The minimum atomic E-state index is -0.144. The normalized spacial score (nSPS) is 11.7. The van der Waals surface area contributed by atoms with Crippen molar-refractivity contribution in [2.75, 3.05) is 0 Å². The molecular weight excluding hydrogens is 220 g/mol. The van der Waals surface area contributed by atoms with Crippen LogP contribution in [0.5, 0.6) is 0 Å². The largest absolute Gasteiger partial charge is 0.441 e. The summed E-state index contributed by atoms with van der Waals surface area (Å²) in [5, 5.41) is 0. The molecule has 6 N–H and O–H groups in total. The number of nitrogens with zero attached hydrogens (tertiary/aromatic N) is 3. The first-order chi connectivity index (χ1) is 8.06. The van der Waals surface area contributed by atoms with Crippen molar-refractivity contribution >= 4 is 28.7 Å². The Balaban J connectivity index is 2.52. The Kier molecular flexibility index (Phi) is 2.65. The highest BCUT2D eigenvalue weighted by atomic mass is 16.3. The van der Waals surface area contributed by atoms with Crippen LogP contribution in [0.4, 0.5) is 5.69 Å². The molecule has 1 aromatic carbocycles. The van der Waals surface area contributed by atoms with Crippen LogP contribution in [0.25, 0.3) is 11.1 Å². The molecule has 0 fully saturated rings. The molecule has 88 valence electrons. The number of hydrogen-bond donors (Lipinski definition) is 3. The standard InChI is InChI=1S/C10H12N6O/c1-5-14-8-6(3-2-4-7(8)17-5)15-10(13)16-9(11)12/h2-4H,1H3,(H6,11,12,13,15,16). The molecule has 0 saturated carbocycles. The van der Waals surface area contributed by atoms with Gasteiger partial charge < -0.3 is 21.6 Å². The summed E-state index contributed by atoms with van der Waals surface area (Å²) in [4.78, 5) is 11.9. The molecule has 0 bridgehead atoms. The second kappa shape index (κ2) is 4.12. The highest BCUT2D eigenvalue weighted by Crippen LogP contribution is 2.25. The third-order valence-corrected chi connectivity index (χ3v) is 1.98. The first-order valence-corrected chi connectivity index (χ1v) is 4.86. The van der Waals surface area contributed by atoms with Crippen LogP contribution in [0, 0.1) is 6.92 Å². The summed E-state index contributed by atoms with van der Waals surface area (Å²) in [5.74, 6) is 0.385. The lowest BCUT2D eigenvalue weighted by molar-refractivity contribution is 0.561. The van der Waals surface area contributed by atoms with Crippen molar-refractivity contribution in [3.63, 3.8) is 0 Å². The maximum Gasteiger partial charge on any atom is 0.223 e. The zero-order valence-corrected chi connectivity index (χ0v) is 9.21. The van der Waals surface area contributed by atoms with Crippen LogP contribution < -0.4 is 17.2 Å². The summed E-state index contributed by atoms with van der Waals surface area (Å²) in [7, 11) is 0. The van der Waals surface area contributed by atoms with Gasteiger partial charge in [-0.3, -0.25) is 0 Å². The molecule has 2 aromatic rings. The van der Waals surface area contributed by atoms with Crippen LogP contribution in [-0.4, -0.2) is 16.9 Å². The Bertz CT molecular complexity index is 608. The van der Waals surface area contributed by atoms with Gasteiger partial charge in [0.05, 0.1) is 5.69 Å². The first-order valence-electron chi connectivity index (χ1n) is 4.86. The zero-order chi connectivity index (χ0) is 12.4. The molecule has 0 unspecified atom stereocenters. The second-order valence-corrected chi connectivity index (χ2v) is 3.36. The highest BCUT2D eigenvalue weighted by molar-refractivity contribution is 5.96. The fourth-order valence-electron chi connectivity index (χ4n) is 1.42. The molecule has 17 heavy (non-hydrogen) atoms. The average Bonchev–Trinajstić information content (AvgIpc) is 2.58.